The standard InChI is InChI=1S/C9H6BrNO4/c10-5-1-4(9(13)14)2-6-8(5)11-7(12)3-15-6/h1-2H,3H2,(H,11,12)(H,13,14). The van der Waals surface area contributed by atoms with E-state index in [1.54, 1.807) is 0 Å². The number of nitrogens with one attached hydrogen (secondary N) is 1. The van der Waals surface area contributed by atoms with Crippen molar-refractivity contribution < 1.29 is 19.4 Å². The minimum Gasteiger partial charge on any atom is -0.482 e. The predicted octanol–water partition coefficient (Wildman–Crippen LogP) is 1.48. The second-order valence-electron chi connectivity index (χ2n) is 2.97. The van der Waals surface area contributed by atoms with Crippen LogP contribution in [0.5, 0.6) is 5.75 Å². The highest BCUT2D eigenvalue weighted by Gasteiger charge is 2.20. The summed E-state index contributed by atoms with van der Waals surface area (Å²) in [7, 11) is 0. The summed E-state index contributed by atoms with van der Waals surface area (Å²) in [6, 6.07) is 2.79. The Bertz CT molecular complexity index is 458. The molecule has 5 nitrogen and oxygen atoms in total. The molecule has 0 aliphatic carbocycles. The first-order chi connectivity index (χ1) is 7.08. The van der Waals surface area contributed by atoms with Gasteiger partial charge in [-0.1, -0.05) is 0 Å². The lowest BCUT2D eigenvalue weighted by Crippen LogP contribution is -2.25. The van der Waals surface area contributed by atoms with Gasteiger partial charge >= 0.3 is 5.97 Å². The molecule has 0 unspecified atom stereocenters. The summed E-state index contributed by atoms with van der Waals surface area (Å²) in [5.74, 6) is -0.938. The number of carbonyl (C=O) groups is 2. The average Bonchev–Trinajstić information content (AvgIpc) is 2.18. The lowest BCUT2D eigenvalue weighted by Gasteiger charge is -2.19. The van der Waals surface area contributed by atoms with Crippen molar-refractivity contribution in [1.82, 2.24) is 0 Å². The maximum absolute atomic E-state index is 11.0. The van der Waals surface area contributed by atoms with Crippen LogP contribution in [0.25, 0.3) is 0 Å². The quantitative estimate of drug-likeness (QED) is 0.811. The van der Waals surface area contributed by atoms with Gasteiger partial charge in [-0.25, -0.2) is 4.79 Å². The highest BCUT2D eigenvalue weighted by atomic mass is 79.9. The predicted molar refractivity (Wildman–Crippen MR) is 55.2 cm³/mol. The van der Waals surface area contributed by atoms with E-state index in [4.69, 9.17) is 9.84 Å². The van der Waals surface area contributed by atoms with Crippen molar-refractivity contribution in [2.75, 3.05) is 11.9 Å². The monoisotopic (exact) mass is 271 g/mol. The molecular weight excluding hydrogens is 266 g/mol. The van der Waals surface area contributed by atoms with Crippen LogP contribution in [0.2, 0.25) is 0 Å². The number of anilines is 1. The summed E-state index contributed by atoms with van der Waals surface area (Å²) < 4.78 is 5.59. The van der Waals surface area contributed by atoms with Gasteiger partial charge in [-0.05, 0) is 28.1 Å². The summed E-state index contributed by atoms with van der Waals surface area (Å²) in [5.41, 5.74) is 0.577. The lowest BCUT2D eigenvalue weighted by atomic mass is 10.1. The molecular formula is C9H6BrNO4. The zero-order valence-electron chi connectivity index (χ0n) is 7.41. The molecule has 0 aromatic heterocycles. The maximum atomic E-state index is 11.0. The van der Waals surface area contributed by atoms with Crippen molar-refractivity contribution in [3.63, 3.8) is 0 Å². The van der Waals surface area contributed by atoms with Crippen LogP contribution in [0.1, 0.15) is 10.4 Å². The molecule has 0 saturated carbocycles. The zero-order chi connectivity index (χ0) is 11.0. The molecule has 1 aliphatic rings. The number of carboxylic acid groups (broad SMARTS) is 1. The molecule has 0 saturated heterocycles. The first-order valence-corrected chi connectivity index (χ1v) is 4.86. The van der Waals surface area contributed by atoms with Gasteiger partial charge in [0.1, 0.15) is 5.75 Å². The second kappa shape index (κ2) is 3.54. The van der Waals surface area contributed by atoms with Gasteiger partial charge < -0.3 is 15.2 Å². The fourth-order valence-corrected chi connectivity index (χ4v) is 1.80. The Kier molecular flexibility index (Phi) is 2.36. The van der Waals surface area contributed by atoms with Gasteiger partial charge in [0, 0.05) is 4.47 Å². The van der Waals surface area contributed by atoms with Crippen LogP contribution < -0.4 is 10.1 Å². The number of carbonyl (C=O) groups excluding carboxylic acids is 1. The van der Waals surface area contributed by atoms with Crippen LogP contribution in [-0.4, -0.2) is 23.6 Å². The van der Waals surface area contributed by atoms with Crippen LogP contribution >= 0.6 is 15.9 Å². The lowest BCUT2D eigenvalue weighted by molar-refractivity contribution is -0.118. The second-order valence-corrected chi connectivity index (χ2v) is 3.83. The molecule has 15 heavy (non-hydrogen) atoms. The summed E-state index contributed by atoms with van der Waals surface area (Å²) >= 11 is 3.17. The Balaban J connectivity index is 2.52. The van der Waals surface area contributed by atoms with E-state index in [-0.39, 0.29) is 18.1 Å². The van der Waals surface area contributed by atoms with E-state index in [1.807, 2.05) is 0 Å². The maximum Gasteiger partial charge on any atom is 0.335 e. The molecule has 1 aromatic carbocycles. The number of benzene rings is 1. The highest BCUT2D eigenvalue weighted by molar-refractivity contribution is 9.10. The van der Waals surface area contributed by atoms with Crippen LogP contribution in [0.15, 0.2) is 16.6 Å². The van der Waals surface area contributed by atoms with Crippen molar-refractivity contribution in [3.8, 4) is 5.75 Å². The molecule has 1 aromatic rings. The third kappa shape index (κ3) is 1.80. The van der Waals surface area contributed by atoms with Gasteiger partial charge in [-0.2, -0.15) is 0 Å². The average molecular weight is 272 g/mol. The largest absolute Gasteiger partial charge is 0.482 e. The number of carboxylic acids is 1. The van der Waals surface area contributed by atoms with Gasteiger partial charge in [-0.15, -0.1) is 0 Å². The van der Waals surface area contributed by atoms with Gasteiger partial charge in [0.2, 0.25) is 0 Å². The Morgan fingerprint density at radius 1 is 1.53 bits per heavy atom. The molecule has 1 heterocycles. The Morgan fingerprint density at radius 3 is 2.93 bits per heavy atom. The molecule has 78 valence electrons. The van der Waals surface area contributed by atoms with Crippen LogP contribution in [0.3, 0.4) is 0 Å². The summed E-state index contributed by atoms with van der Waals surface area (Å²) in [6.07, 6.45) is 0. The van der Waals surface area contributed by atoms with Gasteiger partial charge in [0.25, 0.3) is 5.91 Å². The van der Waals surface area contributed by atoms with Crippen LogP contribution in [0.4, 0.5) is 5.69 Å². The third-order valence-corrected chi connectivity index (χ3v) is 2.55. The molecule has 1 amide bonds. The van der Waals surface area contributed by atoms with Crippen molar-refractivity contribution in [2.45, 2.75) is 0 Å². The molecule has 0 spiro atoms. The van der Waals surface area contributed by atoms with E-state index in [2.05, 4.69) is 21.2 Å². The van der Waals surface area contributed by atoms with E-state index in [9.17, 15) is 9.59 Å². The first kappa shape index (κ1) is 9.97. The Morgan fingerprint density at radius 2 is 2.27 bits per heavy atom. The molecule has 2 rings (SSSR count). The topological polar surface area (TPSA) is 75.6 Å². The van der Waals surface area contributed by atoms with E-state index >= 15 is 0 Å². The minimum absolute atomic E-state index is 0.0947. The summed E-state index contributed by atoms with van der Waals surface area (Å²) in [6.45, 7) is -0.0947. The van der Waals surface area contributed by atoms with Crippen molar-refractivity contribution in [3.05, 3.63) is 22.2 Å². The Hall–Kier alpha value is -1.56. The molecule has 0 fully saturated rings. The van der Waals surface area contributed by atoms with Crippen LogP contribution in [-0.2, 0) is 4.79 Å². The first-order valence-electron chi connectivity index (χ1n) is 4.07. The third-order valence-electron chi connectivity index (χ3n) is 1.92. The normalized spacial score (nSPS) is 13.8. The molecule has 0 radical (unpaired) electrons. The van der Waals surface area contributed by atoms with Gasteiger partial charge in [-0.3, -0.25) is 4.79 Å². The number of fused-ring (bicyclic) bond motifs is 1. The van der Waals surface area contributed by atoms with E-state index in [0.717, 1.165) is 0 Å². The number of rotatable bonds is 1. The summed E-state index contributed by atoms with van der Waals surface area (Å²) in [5, 5.41) is 11.4. The number of hydrogen-bond donors (Lipinski definition) is 2. The summed E-state index contributed by atoms with van der Waals surface area (Å²) in [4.78, 5) is 21.8. The fourth-order valence-electron chi connectivity index (χ4n) is 1.26. The number of halogens is 1. The van der Waals surface area contributed by atoms with Crippen molar-refractivity contribution >= 4 is 33.5 Å². The fraction of sp³-hybridized carbons (Fsp3) is 0.111. The van der Waals surface area contributed by atoms with Gasteiger partial charge in [0.15, 0.2) is 6.61 Å². The highest BCUT2D eigenvalue weighted by Crippen LogP contribution is 2.36. The molecule has 0 bridgehead atoms. The number of amides is 1. The van der Waals surface area contributed by atoms with Crippen molar-refractivity contribution in [2.24, 2.45) is 0 Å². The van der Waals surface area contributed by atoms with Crippen molar-refractivity contribution in [1.29, 1.82) is 0 Å². The molecule has 0 atom stereocenters. The number of hydrogen-bond acceptors (Lipinski definition) is 3. The minimum atomic E-state index is -1.04. The van der Waals surface area contributed by atoms with E-state index < -0.39 is 5.97 Å². The zero-order valence-corrected chi connectivity index (χ0v) is 9.00. The SMILES string of the molecule is O=C1COc2cc(C(=O)O)cc(Br)c2N1. The number of ether oxygens (including phenoxy) is 1. The van der Waals surface area contributed by atoms with Crippen LogP contribution in [0, 0.1) is 0 Å². The molecule has 2 N–H and O–H groups in total. The molecule has 1 aliphatic heterocycles. The Labute approximate surface area is 93.2 Å². The smallest absolute Gasteiger partial charge is 0.335 e. The molecule has 6 heteroatoms. The van der Waals surface area contributed by atoms with E-state index in [1.165, 1.54) is 12.1 Å². The van der Waals surface area contributed by atoms with Gasteiger partial charge in [0.05, 0.1) is 11.3 Å². The number of aromatic carboxylic acids is 1. The van der Waals surface area contributed by atoms with E-state index in [0.29, 0.717) is 15.9 Å².